The molecule has 0 amide bonds. The van der Waals surface area contributed by atoms with Crippen molar-refractivity contribution < 1.29 is 15.1 Å². The van der Waals surface area contributed by atoms with Gasteiger partial charge in [0.05, 0.1) is 12.1 Å². The van der Waals surface area contributed by atoms with Gasteiger partial charge in [0.15, 0.2) is 0 Å². The zero-order chi connectivity index (χ0) is 9.14. The van der Waals surface area contributed by atoms with Gasteiger partial charge in [0.25, 0.3) is 0 Å². The van der Waals surface area contributed by atoms with Gasteiger partial charge in [-0.15, -0.1) is 0 Å². The maximum Gasteiger partial charge on any atom is 0.309 e. The van der Waals surface area contributed by atoms with Crippen LogP contribution in [0.15, 0.2) is 18.3 Å². The van der Waals surface area contributed by atoms with Crippen molar-refractivity contribution in [3.8, 4) is 0 Å². The molecule has 0 atom stereocenters. The SMILES string of the molecule is O=C(O)Cc1cc(=S)ccn1O. The molecule has 0 saturated heterocycles. The molecule has 1 aromatic rings. The lowest BCUT2D eigenvalue weighted by Crippen LogP contribution is -2.08. The van der Waals surface area contributed by atoms with Crippen molar-refractivity contribution in [3.05, 3.63) is 28.5 Å². The van der Waals surface area contributed by atoms with Crippen LogP contribution in [-0.2, 0) is 11.2 Å². The highest BCUT2D eigenvalue weighted by Crippen LogP contribution is 2.00. The number of pyridine rings is 1. The van der Waals surface area contributed by atoms with Crippen LogP contribution >= 0.6 is 12.2 Å². The molecule has 0 spiro atoms. The van der Waals surface area contributed by atoms with Gasteiger partial charge in [0.2, 0.25) is 0 Å². The molecule has 0 aliphatic rings. The van der Waals surface area contributed by atoms with Gasteiger partial charge in [0, 0.05) is 10.7 Å². The number of nitrogens with zero attached hydrogens (tertiary/aromatic N) is 1. The highest BCUT2D eigenvalue weighted by Gasteiger charge is 2.03. The van der Waals surface area contributed by atoms with E-state index < -0.39 is 5.97 Å². The molecule has 1 rings (SSSR count). The fourth-order valence-corrected chi connectivity index (χ4v) is 1.00. The first-order valence-corrected chi connectivity index (χ1v) is 3.63. The molecule has 0 aromatic carbocycles. The molecule has 0 saturated carbocycles. The molecular formula is C7H7NO3S. The molecule has 4 nitrogen and oxygen atoms in total. The lowest BCUT2D eigenvalue weighted by Gasteiger charge is -2.02. The average Bonchev–Trinajstić information content (AvgIpc) is 1.96. The summed E-state index contributed by atoms with van der Waals surface area (Å²) < 4.78 is 1.26. The second kappa shape index (κ2) is 3.36. The van der Waals surface area contributed by atoms with E-state index >= 15 is 0 Å². The van der Waals surface area contributed by atoms with Gasteiger partial charge in [-0.1, -0.05) is 12.2 Å². The van der Waals surface area contributed by atoms with Gasteiger partial charge in [-0.05, 0) is 12.1 Å². The summed E-state index contributed by atoms with van der Waals surface area (Å²) in [7, 11) is 0. The summed E-state index contributed by atoms with van der Waals surface area (Å²) in [5.74, 6) is -1.00. The number of carboxylic acids is 1. The van der Waals surface area contributed by atoms with E-state index in [0.29, 0.717) is 4.51 Å². The largest absolute Gasteiger partial charge is 0.481 e. The summed E-state index contributed by atoms with van der Waals surface area (Å²) >= 11 is 4.79. The Bertz CT molecular complexity index is 358. The number of carbonyl (C=O) groups is 1. The lowest BCUT2D eigenvalue weighted by molar-refractivity contribution is -0.136. The fourth-order valence-electron chi connectivity index (χ4n) is 0.805. The molecule has 0 fully saturated rings. The van der Waals surface area contributed by atoms with Gasteiger partial charge < -0.3 is 10.3 Å². The summed E-state index contributed by atoms with van der Waals surface area (Å²) in [4.78, 5) is 10.3. The molecule has 64 valence electrons. The molecule has 0 aliphatic carbocycles. The van der Waals surface area contributed by atoms with E-state index in [0.717, 1.165) is 4.73 Å². The van der Waals surface area contributed by atoms with E-state index in [1.807, 2.05) is 0 Å². The van der Waals surface area contributed by atoms with E-state index in [4.69, 9.17) is 22.5 Å². The lowest BCUT2D eigenvalue weighted by atomic mass is 10.3. The van der Waals surface area contributed by atoms with Crippen LogP contribution in [0.3, 0.4) is 0 Å². The monoisotopic (exact) mass is 185 g/mol. The van der Waals surface area contributed by atoms with Crippen molar-refractivity contribution in [1.29, 1.82) is 0 Å². The van der Waals surface area contributed by atoms with E-state index in [1.165, 1.54) is 18.3 Å². The smallest absolute Gasteiger partial charge is 0.309 e. The van der Waals surface area contributed by atoms with E-state index in [2.05, 4.69) is 0 Å². The molecule has 0 radical (unpaired) electrons. The quantitative estimate of drug-likeness (QED) is 0.534. The molecule has 0 bridgehead atoms. The number of aromatic nitrogens is 1. The van der Waals surface area contributed by atoms with Crippen LogP contribution in [0.5, 0.6) is 0 Å². The molecular weight excluding hydrogens is 178 g/mol. The Kier molecular flexibility index (Phi) is 2.44. The Morgan fingerprint density at radius 2 is 2.33 bits per heavy atom. The highest BCUT2D eigenvalue weighted by atomic mass is 32.1. The Morgan fingerprint density at radius 1 is 1.67 bits per heavy atom. The normalized spacial score (nSPS) is 9.67. The molecule has 2 N–H and O–H groups in total. The minimum Gasteiger partial charge on any atom is -0.481 e. The number of rotatable bonds is 2. The number of aliphatic carboxylic acids is 1. The van der Waals surface area contributed by atoms with Crippen molar-refractivity contribution in [2.45, 2.75) is 6.42 Å². The molecule has 1 aromatic heterocycles. The predicted octanol–water partition coefficient (Wildman–Crippen LogP) is 1.08. The van der Waals surface area contributed by atoms with Crippen LogP contribution in [0.1, 0.15) is 5.69 Å². The molecule has 1 heterocycles. The summed E-state index contributed by atoms with van der Waals surface area (Å²) in [5.41, 5.74) is 0.273. The minimum atomic E-state index is -1.00. The molecule has 5 heteroatoms. The predicted molar refractivity (Wildman–Crippen MR) is 43.8 cm³/mol. The number of hydrogen-bond acceptors (Lipinski definition) is 3. The van der Waals surface area contributed by atoms with Crippen LogP contribution in [0.2, 0.25) is 0 Å². The van der Waals surface area contributed by atoms with Crippen molar-refractivity contribution in [2.75, 3.05) is 0 Å². The van der Waals surface area contributed by atoms with Crippen molar-refractivity contribution >= 4 is 18.2 Å². The fraction of sp³-hybridized carbons (Fsp3) is 0.143. The van der Waals surface area contributed by atoms with Crippen molar-refractivity contribution in [2.24, 2.45) is 0 Å². The van der Waals surface area contributed by atoms with Crippen LogP contribution in [-0.4, -0.2) is 21.0 Å². The summed E-state index contributed by atoms with van der Waals surface area (Å²) in [6.07, 6.45) is 1.08. The van der Waals surface area contributed by atoms with Gasteiger partial charge in [-0.25, -0.2) is 0 Å². The first-order chi connectivity index (χ1) is 5.59. The summed E-state index contributed by atoms with van der Waals surface area (Å²) in [6.45, 7) is 0. The Balaban J connectivity index is 3.05. The molecule has 0 unspecified atom stereocenters. The van der Waals surface area contributed by atoms with Crippen molar-refractivity contribution in [1.82, 2.24) is 4.73 Å². The third-order valence-electron chi connectivity index (χ3n) is 1.32. The number of carboxylic acid groups (broad SMARTS) is 1. The zero-order valence-corrected chi connectivity index (χ0v) is 6.91. The number of hydrogen-bond donors (Lipinski definition) is 2. The van der Waals surface area contributed by atoms with Crippen LogP contribution < -0.4 is 0 Å². The highest BCUT2D eigenvalue weighted by molar-refractivity contribution is 7.71. The van der Waals surface area contributed by atoms with Gasteiger partial charge in [0.1, 0.15) is 0 Å². The maximum atomic E-state index is 10.3. The standard InChI is InChI=1S/C7H7NO3S/c9-7(10)4-5-3-6(12)1-2-8(5)11/h1-3,11H,4H2,(H,9,10). The summed E-state index contributed by atoms with van der Waals surface area (Å²) in [5, 5.41) is 17.5. The second-order valence-electron chi connectivity index (χ2n) is 2.27. The maximum absolute atomic E-state index is 10.3. The first-order valence-electron chi connectivity index (χ1n) is 3.22. The molecule has 12 heavy (non-hydrogen) atoms. The zero-order valence-electron chi connectivity index (χ0n) is 6.10. The van der Waals surface area contributed by atoms with Gasteiger partial charge in [-0.3, -0.25) is 4.79 Å². The Morgan fingerprint density at radius 3 is 2.92 bits per heavy atom. The topological polar surface area (TPSA) is 62.5 Å². The minimum absolute atomic E-state index is 0.235. The molecule has 0 aliphatic heterocycles. The summed E-state index contributed by atoms with van der Waals surface area (Å²) in [6, 6.07) is 2.96. The van der Waals surface area contributed by atoms with E-state index in [1.54, 1.807) is 0 Å². The van der Waals surface area contributed by atoms with E-state index in [-0.39, 0.29) is 12.1 Å². The second-order valence-corrected chi connectivity index (χ2v) is 2.74. The van der Waals surface area contributed by atoms with E-state index in [9.17, 15) is 4.79 Å². The van der Waals surface area contributed by atoms with Crippen LogP contribution in [0.25, 0.3) is 0 Å². The van der Waals surface area contributed by atoms with Gasteiger partial charge in [-0.2, -0.15) is 4.73 Å². The third-order valence-corrected chi connectivity index (χ3v) is 1.57. The third kappa shape index (κ3) is 2.06. The van der Waals surface area contributed by atoms with Crippen LogP contribution in [0.4, 0.5) is 0 Å². The Labute approximate surface area is 73.7 Å². The first kappa shape index (κ1) is 8.73. The van der Waals surface area contributed by atoms with Gasteiger partial charge >= 0.3 is 5.97 Å². The van der Waals surface area contributed by atoms with Crippen LogP contribution in [0, 0.1) is 4.51 Å². The average molecular weight is 185 g/mol. The Hall–Kier alpha value is -1.36. The van der Waals surface area contributed by atoms with Crippen molar-refractivity contribution in [3.63, 3.8) is 0 Å².